The second-order valence-corrected chi connectivity index (χ2v) is 8.90. The molecule has 5 nitrogen and oxygen atoms in total. The zero-order chi connectivity index (χ0) is 20.0. The molecule has 0 aliphatic heterocycles. The van der Waals surface area contributed by atoms with E-state index < -0.39 is 23.1 Å². The van der Waals surface area contributed by atoms with Crippen LogP contribution in [0.2, 0.25) is 0 Å². The third-order valence-corrected chi connectivity index (χ3v) is 5.04. The van der Waals surface area contributed by atoms with Crippen molar-refractivity contribution in [2.75, 3.05) is 0 Å². The molecule has 0 N–H and O–H groups in total. The lowest BCUT2D eigenvalue weighted by Gasteiger charge is -2.29. The minimum atomic E-state index is -2.70. The van der Waals surface area contributed by atoms with Crippen molar-refractivity contribution in [3.8, 4) is 0 Å². The van der Waals surface area contributed by atoms with Gasteiger partial charge >= 0.3 is 5.97 Å². The van der Waals surface area contributed by atoms with Crippen LogP contribution in [0.5, 0.6) is 0 Å². The Labute approximate surface area is 167 Å². The minimum Gasteiger partial charge on any atom is -0.750 e. The first-order valence-electron chi connectivity index (χ1n) is 8.70. The first kappa shape index (κ1) is 21.8. The van der Waals surface area contributed by atoms with Gasteiger partial charge in [0.15, 0.2) is 0 Å². The van der Waals surface area contributed by atoms with Crippen LogP contribution >= 0.6 is 11.3 Å². The molecule has 2 aromatic rings. The van der Waals surface area contributed by atoms with Crippen molar-refractivity contribution in [1.82, 2.24) is 0 Å². The van der Waals surface area contributed by atoms with Crippen molar-refractivity contribution in [1.29, 1.82) is 0 Å². The van der Waals surface area contributed by atoms with Gasteiger partial charge < -0.3 is 9.29 Å². The minimum absolute atomic E-state index is 0.0584. The second-order valence-electron chi connectivity index (χ2n) is 7.52. The van der Waals surface area contributed by atoms with Crippen LogP contribution in [0.3, 0.4) is 0 Å². The van der Waals surface area contributed by atoms with E-state index in [1.54, 1.807) is 32.1 Å². The van der Waals surface area contributed by atoms with Gasteiger partial charge in [0.05, 0.1) is 17.8 Å². The van der Waals surface area contributed by atoms with Gasteiger partial charge in [-0.2, -0.15) is 11.3 Å². The molecule has 0 amide bonds. The molecule has 1 heterocycles. The van der Waals surface area contributed by atoms with Crippen molar-refractivity contribution >= 4 is 28.7 Å². The average Bonchev–Trinajstić information content (AvgIpc) is 3.04. The third-order valence-electron chi connectivity index (χ3n) is 3.94. The number of carbonyl (C=O) groups is 1. The van der Waals surface area contributed by atoms with E-state index in [0.717, 1.165) is 11.1 Å². The molecule has 1 aromatic heterocycles. The molecule has 27 heavy (non-hydrogen) atoms. The first-order chi connectivity index (χ1) is 12.6. The molecule has 0 spiro atoms. The Balaban J connectivity index is 2.31. The number of benzene rings is 1. The van der Waals surface area contributed by atoms with E-state index in [2.05, 4.69) is 0 Å². The summed E-state index contributed by atoms with van der Waals surface area (Å²) in [5.41, 5.74) is 2.20. The highest BCUT2D eigenvalue weighted by molar-refractivity contribution is 7.74. The Hall–Kier alpha value is -1.54. The molecule has 0 radical (unpaired) electrons. The molecule has 0 fully saturated rings. The van der Waals surface area contributed by atoms with Gasteiger partial charge in [0, 0.05) is 5.92 Å². The topological polar surface area (TPSA) is 75.7 Å². The fourth-order valence-electron chi connectivity index (χ4n) is 2.84. The molecule has 7 heteroatoms. The van der Waals surface area contributed by atoms with E-state index >= 15 is 0 Å². The van der Waals surface area contributed by atoms with Crippen LogP contribution in [-0.4, -0.2) is 20.3 Å². The molecule has 0 bridgehead atoms. The second kappa shape index (κ2) is 9.59. The number of esters is 1. The molecule has 0 saturated carbocycles. The summed E-state index contributed by atoms with van der Waals surface area (Å²) in [5, 5.41) is 3.94. The molecule has 1 aromatic carbocycles. The number of ether oxygens (including phenoxy) is 1. The van der Waals surface area contributed by atoms with Gasteiger partial charge in [-0.15, -0.1) is 0 Å². The van der Waals surface area contributed by atoms with Crippen LogP contribution in [0.15, 0.2) is 41.1 Å². The maximum atomic E-state index is 12.4. The maximum Gasteiger partial charge on any atom is 0.306 e. The summed E-state index contributed by atoms with van der Waals surface area (Å²) in [6.07, 6.45) is -0.196. The molecular formula is C20H25O5S2-. The fourth-order valence-corrected chi connectivity index (χ4v) is 3.96. The van der Waals surface area contributed by atoms with Crippen molar-refractivity contribution in [2.45, 2.75) is 52.2 Å². The van der Waals surface area contributed by atoms with E-state index in [0.29, 0.717) is 12.0 Å². The predicted octanol–water partition coefficient (Wildman–Crippen LogP) is 4.50. The summed E-state index contributed by atoms with van der Waals surface area (Å²) in [4.78, 5) is 12.4. The van der Waals surface area contributed by atoms with Crippen LogP contribution in [0, 0.1) is 12.8 Å². The van der Waals surface area contributed by atoms with E-state index in [1.165, 1.54) is 0 Å². The lowest BCUT2D eigenvalue weighted by molar-refractivity contribution is -0.156. The smallest absolute Gasteiger partial charge is 0.306 e. The highest BCUT2D eigenvalue weighted by atomic mass is 32.2. The Morgan fingerprint density at radius 1 is 1.22 bits per heavy atom. The summed E-state index contributed by atoms with van der Waals surface area (Å²) in [6, 6.07) is 9.43. The summed E-state index contributed by atoms with van der Waals surface area (Å²) in [7, 11) is 0. The summed E-state index contributed by atoms with van der Waals surface area (Å²) in [5.74, 6) is -0.754. The van der Waals surface area contributed by atoms with Crippen LogP contribution < -0.4 is 0 Å². The molecule has 3 unspecified atom stereocenters. The molecule has 148 valence electrons. The van der Waals surface area contributed by atoms with Gasteiger partial charge in [0.1, 0.15) is 11.7 Å². The monoisotopic (exact) mass is 409 g/mol. The van der Waals surface area contributed by atoms with Crippen molar-refractivity contribution in [3.05, 3.63) is 57.8 Å². The quantitative estimate of drug-likeness (QED) is 0.474. The van der Waals surface area contributed by atoms with E-state index in [-0.39, 0.29) is 18.3 Å². The molecular weight excluding hydrogens is 384 g/mol. The fraction of sp³-hybridized carbons (Fsp3) is 0.450. The van der Waals surface area contributed by atoms with Gasteiger partial charge in [0.2, 0.25) is 0 Å². The van der Waals surface area contributed by atoms with Crippen molar-refractivity contribution < 1.29 is 22.5 Å². The number of aryl methyl sites for hydroxylation is 1. The van der Waals surface area contributed by atoms with Crippen LogP contribution in [0.1, 0.15) is 50.0 Å². The van der Waals surface area contributed by atoms with E-state index in [1.807, 2.05) is 48.0 Å². The normalized spacial score (nSPS) is 15.1. The van der Waals surface area contributed by atoms with Gasteiger partial charge in [-0.25, -0.2) is 4.21 Å². The number of hydrogen-bond donors (Lipinski definition) is 0. The average molecular weight is 410 g/mol. The Morgan fingerprint density at radius 2 is 1.89 bits per heavy atom. The Bertz CT molecular complexity index is 748. The summed E-state index contributed by atoms with van der Waals surface area (Å²) in [6.45, 7) is 7.37. The number of carbonyl (C=O) groups excluding carboxylic acids is 1. The zero-order valence-electron chi connectivity index (χ0n) is 16.0. The molecule has 0 aliphatic rings. The molecule has 3 atom stereocenters. The van der Waals surface area contributed by atoms with E-state index in [4.69, 9.17) is 8.92 Å². The number of hydrogen-bond acceptors (Lipinski definition) is 6. The lowest BCUT2D eigenvalue weighted by Crippen LogP contribution is -2.28. The zero-order valence-corrected chi connectivity index (χ0v) is 17.6. The number of thiophene rings is 1. The Morgan fingerprint density at radius 3 is 2.41 bits per heavy atom. The van der Waals surface area contributed by atoms with Gasteiger partial charge in [-0.05, 0) is 62.1 Å². The number of rotatable bonds is 8. The van der Waals surface area contributed by atoms with Gasteiger partial charge in [0.25, 0.3) is 0 Å². The summed E-state index contributed by atoms with van der Waals surface area (Å²) < 4.78 is 33.4. The largest absolute Gasteiger partial charge is 0.750 e. The van der Waals surface area contributed by atoms with Crippen LogP contribution in [0.4, 0.5) is 0 Å². The SMILES string of the molecule is Cc1ccc(C(OS(=O)[O-])C(CC(=O)OC(C)(C)C)Cc2ccsc2)cc1. The molecule has 2 rings (SSSR count). The van der Waals surface area contributed by atoms with Gasteiger partial charge in [-0.3, -0.25) is 8.98 Å². The maximum absolute atomic E-state index is 12.4. The van der Waals surface area contributed by atoms with Crippen LogP contribution in [-0.2, 0) is 31.5 Å². The molecule has 0 aliphatic carbocycles. The highest BCUT2D eigenvalue weighted by Crippen LogP contribution is 2.33. The van der Waals surface area contributed by atoms with Gasteiger partial charge in [-0.1, -0.05) is 29.8 Å². The van der Waals surface area contributed by atoms with E-state index in [9.17, 15) is 13.6 Å². The molecule has 0 saturated heterocycles. The summed E-state index contributed by atoms with van der Waals surface area (Å²) >= 11 is -1.15. The first-order valence-corrected chi connectivity index (χ1v) is 10.6. The third kappa shape index (κ3) is 7.54. The van der Waals surface area contributed by atoms with Crippen molar-refractivity contribution in [2.24, 2.45) is 5.92 Å². The van der Waals surface area contributed by atoms with Crippen LogP contribution in [0.25, 0.3) is 0 Å². The van der Waals surface area contributed by atoms with Crippen molar-refractivity contribution in [3.63, 3.8) is 0 Å². The Kier molecular flexibility index (Phi) is 7.73. The lowest BCUT2D eigenvalue weighted by atomic mass is 9.88. The standard InChI is InChI=1S/C20H26O5S2/c1-14-5-7-16(8-6-14)19(25-27(22)23)17(11-15-9-10-26-13-15)12-18(21)24-20(2,3)4/h5-10,13,17,19H,11-12H2,1-4H3,(H,22,23)/p-1. The predicted molar refractivity (Wildman–Crippen MR) is 106 cm³/mol. The highest BCUT2D eigenvalue weighted by Gasteiger charge is 2.30.